The number of amides is 11. The molecule has 2 saturated heterocycles. The van der Waals surface area contributed by atoms with Crippen LogP contribution in [0.25, 0.3) is 10.9 Å². The van der Waals surface area contributed by atoms with E-state index in [0.29, 0.717) is 39.8 Å². The molecule has 13 atom stereocenters. The molecule has 0 radical (unpaired) electrons. The first-order valence-corrected chi connectivity index (χ1v) is 33.6. The summed E-state index contributed by atoms with van der Waals surface area (Å²) in [5.74, 6) is -15.4. The Kier molecular flexibility index (Phi) is 26.3. The van der Waals surface area contributed by atoms with Crippen LogP contribution < -0.4 is 42.5 Å². The fourth-order valence-corrected chi connectivity index (χ4v) is 13.0. The second-order valence-corrected chi connectivity index (χ2v) is 26.7. The Bertz CT molecular complexity index is 3390. The van der Waals surface area contributed by atoms with Gasteiger partial charge in [0.1, 0.15) is 12.1 Å². The van der Waals surface area contributed by atoms with Gasteiger partial charge in [-0.3, -0.25) is 72.0 Å². The number of imide groups is 1. The summed E-state index contributed by atoms with van der Waals surface area (Å²) < 4.78 is 0. The van der Waals surface area contributed by atoms with E-state index < -0.39 is 193 Å². The van der Waals surface area contributed by atoms with E-state index in [0.717, 1.165) is 9.80 Å². The third kappa shape index (κ3) is 19.4. The van der Waals surface area contributed by atoms with E-state index in [9.17, 15) is 72.9 Å². The van der Waals surface area contributed by atoms with Crippen molar-refractivity contribution in [2.24, 2.45) is 35.5 Å². The highest BCUT2D eigenvalue weighted by Crippen LogP contribution is 2.32. The van der Waals surface area contributed by atoms with E-state index in [-0.39, 0.29) is 75.8 Å². The van der Waals surface area contributed by atoms with Crippen molar-refractivity contribution >= 4 is 111 Å². The number of anilines is 1. The fraction of sp³-hybridized carbons (Fsp3) is 0.576. The second-order valence-electron chi connectivity index (χ2n) is 25.7. The maximum atomic E-state index is 15.1. The van der Waals surface area contributed by atoms with Gasteiger partial charge >= 0.3 is 0 Å². The molecule has 7 rings (SSSR count). The van der Waals surface area contributed by atoms with Crippen LogP contribution in [0.1, 0.15) is 116 Å². The fourth-order valence-electron chi connectivity index (χ4n) is 12.4. The van der Waals surface area contributed by atoms with Gasteiger partial charge in [0.15, 0.2) is 17.3 Å². The number of fused-ring (bicyclic) bond motifs is 5. The topological polar surface area (TPSA) is 418 Å². The molecule has 4 aliphatic heterocycles. The van der Waals surface area contributed by atoms with Crippen LogP contribution in [0.2, 0.25) is 0 Å². The number of nitrogens with one attached hydrogen (secondary N) is 9. The standard InChI is InChI=1S/C66H89N11O17S/c1-8-34(4)60-64(92)69-29-56(86)72-46-18-17-45-43(41-11-9-10-12-44(41)71-45)25-47(63(91)68-30-57(87)75-60)73-62(90)42(36(6)52(83)32-78)26-50(81)48-24-40(79)31-77(48)65(93)38(22-49(46)80)23-55(85)67-28-37-13-15-39(16-14-37)70-61(89)35(5)21-51(82)59(33(2)3)74-54(84)19-20-76-58(88)27-53(95-7)66(76)94/h9-16,33-36,38,40,42,46-48,52-53,59-60,71,78-79,83H,8,17-32H2,1-7H3,(H,67,85)(H,68,91)(H,69,92)(H,70,89)(H,72,86)(H,73,90)(H,74,84)(H,75,87)/t34-,35+,36+,38-,40+,42-,46-,47?,48-,52-,53?,59?,60-/m0/s1. The number of ketones is 3. The van der Waals surface area contributed by atoms with Crippen molar-refractivity contribution in [2.75, 3.05) is 44.4 Å². The van der Waals surface area contributed by atoms with Gasteiger partial charge in [-0.05, 0) is 66.2 Å². The minimum atomic E-state index is -1.58. The monoisotopic (exact) mass is 1340 g/mol. The number of likely N-dealkylation sites (tertiary alicyclic amines) is 1. The Labute approximate surface area is 554 Å². The summed E-state index contributed by atoms with van der Waals surface area (Å²) in [5.41, 5.74) is 2.39. The molecule has 0 aliphatic carbocycles. The Morgan fingerprint density at radius 3 is 2.12 bits per heavy atom. The lowest BCUT2D eigenvalue weighted by Gasteiger charge is -2.32. The Morgan fingerprint density at radius 1 is 0.768 bits per heavy atom. The summed E-state index contributed by atoms with van der Waals surface area (Å²) >= 11 is 1.26. The molecule has 3 unspecified atom stereocenters. The van der Waals surface area contributed by atoms with E-state index in [1.165, 1.54) is 18.7 Å². The molecule has 28 nitrogen and oxygen atoms in total. The van der Waals surface area contributed by atoms with Gasteiger partial charge in [-0.1, -0.05) is 78.3 Å². The van der Waals surface area contributed by atoms with Crippen molar-refractivity contribution in [2.45, 2.75) is 166 Å². The van der Waals surface area contributed by atoms with Gasteiger partial charge in [-0.25, -0.2) is 0 Å². The molecular weight excluding hydrogens is 1250 g/mol. The summed E-state index contributed by atoms with van der Waals surface area (Å²) in [6.07, 6.45) is -3.98. The number of rotatable bonds is 20. The smallest absolute Gasteiger partial charge is 0.243 e. The van der Waals surface area contributed by atoms with Gasteiger partial charge in [0.25, 0.3) is 0 Å². The van der Waals surface area contributed by atoms with Gasteiger partial charge in [0.05, 0.1) is 61.2 Å². The summed E-state index contributed by atoms with van der Waals surface area (Å²) in [5, 5.41) is 53.8. The Balaban J connectivity index is 1.13. The molecule has 3 aromatic rings. The number of H-pyrrole nitrogens is 1. The average molecular weight is 1340 g/mol. The summed E-state index contributed by atoms with van der Waals surface area (Å²) in [7, 11) is 0. The zero-order valence-corrected chi connectivity index (χ0v) is 55.4. The highest BCUT2D eigenvalue weighted by atomic mass is 32.2. The highest BCUT2D eigenvalue weighted by Gasteiger charge is 2.46. The molecule has 516 valence electrons. The van der Waals surface area contributed by atoms with E-state index in [2.05, 4.69) is 47.5 Å². The number of thioether (sulfide) groups is 1. The average Bonchev–Trinajstić information content (AvgIpc) is 1.77. The van der Waals surface area contributed by atoms with Crippen molar-refractivity contribution in [3.63, 3.8) is 0 Å². The Hall–Kier alpha value is -8.41. The van der Waals surface area contributed by atoms with Crippen molar-refractivity contribution in [1.29, 1.82) is 0 Å². The third-order valence-corrected chi connectivity index (χ3v) is 19.3. The minimum Gasteiger partial charge on any atom is -0.394 e. The molecule has 29 heteroatoms. The maximum absolute atomic E-state index is 15.1. The van der Waals surface area contributed by atoms with E-state index in [4.69, 9.17) is 0 Å². The lowest BCUT2D eigenvalue weighted by Crippen LogP contribution is -2.56. The lowest BCUT2D eigenvalue weighted by atomic mass is 9.82. The largest absolute Gasteiger partial charge is 0.394 e. The number of carbonyl (C=O) groups is 14. The van der Waals surface area contributed by atoms with Gasteiger partial charge in [-0.2, -0.15) is 11.8 Å². The maximum Gasteiger partial charge on any atom is 0.243 e. The number of hydrogen-bond donors (Lipinski definition) is 12. The van der Waals surface area contributed by atoms with Crippen molar-refractivity contribution in [3.05, 3.63) is 65.4 Å². The van der Waals surface area contributed by atoms with Crippen molar-refractivity contribution < 1.29 is 82.4 Å². The normalized spacial score (nSPS) is 24.7. The Morgan fingerprint density at radius 2 is 1.45 bits per heavy atom. The van der Waals surface area contributed by atoms with Gasteiger partial charge in [-0.15, -0.1) is 0 Å². The molecule has 2 fully saturated rings. The number of hydrogen-bond acceptors (Lipinski definition) is 18. The van der Waals surface area contributed by atoms with E-state index >= 15 is 9.59 Å². The first-order chi connectivity index (χ1) is 45.1. The molecule has 0 saturated carbocycles. The number of carbonyl (C=O) groups excluding carboxylic acids is 14. The van der Waals surface area contributed by atoms with Gasteiger partial charge in [0, 0.05) is 105 Å². The van der Waals surface area contributed by atoms with Gasteiger partial charge < -0.3 is 67.7 Å². The summed E-state index contributed by atoms with van der Waals surface area (Å²) in [6.45, 7) is 7.03. The van der Waals surface area contributed by atoms with Crippen molar-refractivity contribution in [1.82, 2.24) is 52.0 Å². The SMILES string of the molecule is CC[C@H](C)[C@@H]1NC(=O)CNC(=O)C2Cc3c([nH]c4ccccc34)CC[C@H](NC(=O)CNC1=O)C(=O)C[C@@H](CC(=O)NCc1ccc(NC(=O)[C@H](C)CC(=O)C(NC(=O)CCN3C(=O)CC(SC)C3=O)C(C)C)cc1)C(=O)N1C[C@H](O)C[C@H]1C(=O)C[C@@H]([C@@H](C)[C@@H](O)CO)C(=O)N2. The number of aryl methyl sites for hydroxylation is 1. The highest BCUT2D eigenvalue weighted by molar-refractivity contribution is 8.00. The van der Waals surface area contributed by atoms with E-state index in [1.54, 1.807) is 89.4 Å². The predicted molar refractivity (Wildman–Crippen MR) is 347 cm³/mol. The molecule has 11 amide bonds. The number of para-hydroxylation sites is 1. The summed E-state index contributed by atoms with van der Waals surface area (Å²) in [6, 6.07) is 6.80. The first kappa shape index (κ1) is 74.0. The van der Waals surface area contributed by atoms with Crippen LogP contribution in [0.15, 0.2) is 48.5 Å². The number of nitrogens with zero attached hydrogens (tertiary/aromatic N) is 2. The van der Waals surface area contributed by atoms with Crippen LogP contribution in [0.5, 0.6) is 0 Å². The van der Waals surface area contributed by atoms with Gasteiger partial charge in [0.2, 0.25) is 65.0 Å². The second kappa shape index (κ2) is 33.8. The molecule has 1 aromatic heterocycles. The number of Topliss-reactive ketones (excluding diaryl/α,β-unsaturated/α-hetero) is 3. The molecule has 5 heterocycles. The molecule has 2 aromatic carbocycles. The zero-order chi connectivity index (χ0) is 69.5. The molecule has 4 aliphatic rings. The molecule has 12 N–H and O–H groups in total. The molecular formula is C66H89N11O17S. The number of aliphatic hydroxyl groups is 3. The summed E-state index contributed by atoms with van der Waals surface area (Å²) in [4.78, 5) is 200. The molecule has 95 heavy (non-hydrogen) atoms. The van der Waals surface area contributed by atoms with Crippen LogP contribution in [-0.2, 0) is 86.5 Å². The third-order valence-electron chi connectivity index (χ3n) is 18.4. The molecule has 2 bridgehead atoms. The van der Waals surface area contributed by atoms with Crippen LogP contribution >= 0.6 is 11.8 Å². The zero-order valence-electron chi connectivity index (χ0n) is 54.6. The molecule has 0 spiro atoms. The van der Waals surface area contributed by atoms with Crippen LogP contribution in [0.4, 0.5) is 5.69 Å². The van der Waals surface area contributed by atoms with Crippen LogP contribution in [-0.4, -0.2) is 199 Å². The number of benzene rings is 2. The first-order valence-electron chi connectivity index (χ1n) is 32.3. The number of aliphatic hydroxyl groups excluding tert-OH is 3. The quantitative estimate of drug-likeness (QED) is 0.0650. The van der Waals surface area contributed by atoms with Crippen LogP contribution in [0, 0.1) is 35.5 Å². The van der Waals surface area contributed by atoms with E-state index in [1.807, 2.05) is 0 Å². The van der Waals surface area contributed by atoms with Crippen LogP contribution in [0.3, 0.4) is 0 Å². The number of aromatic amines is 1. The van der Waals surface area contributed by atoms with Crippen molar-refractivity contribution in [3.8, 4) is 0 Å². The number of aromatic nitrogens is 1. The predicted octanol–water partition coefficient (Wildman–Crippen LogP) is -0.233. The minimum absolute atomic E-state index is 0.0123. The lowest BCUT2D eigenvalue weighted by molar-refractivity contribution is -0.145.